The Hall–Kier alpha value is -3.78. The van der Waals surface area contributed by atoms with E-state index >= 15 is 0 Å². The number of hydrogen-bond acceptors (Lipinski definition) is 6. The lowest BCUT2D eigenvalue weighted by molar-refractivity contribution is 0.233. The van der Waals surface area contributed by atoms with E-state index in [-0.39, 0.29) is 5.41 Å². The van der Waals surface area contributed by atoms with E-state index in [1.165, 1.54) is 24.0 Å². The van der Waals surface area contributed by atoms with Gasteiger partial charge < -0.3 is 20.3 Å². The molecule has 0 unspecified atom stereocenters. The van der Waals surface area contributed by atoms with Gasteiger partial charge in [0.2, 0.25) is 5.96 Å². The monoisotopic (exact) mass is 627 g/mol. The van der Waals surface area contributed by atoms with E-state index in [1.807, 2.05) is 37.9 Å². The zero-order valence-corrected chi connectivity index (χ0v) is 29.9. The van der Waals surface area contributed by atoms with Gasteiger partial charge in [-0.05, 0) is 91.2 Å². The smallest absolute Gasteiger partial charge is 0.201 e. The summed E-state index contributed by atoms with van der Waals surface area (Å²) in [6.07, 6.45) is 8.68. The number of ether oxygens (including phenoxy) is 1. The molecule has 2 heterocycles. The van der Waals surface area contributed by atoms with Crippen LogP contribution in [-0.4, -0.2) is 71.4 Å². The van der Waals surface area contributed by atoms with E-state index in [0.717, 1.165) is 71.9 Å². The van der Waals surface area contributed by atoms with Gasteiger partial charge in [0, 0.05) is 25.4 Å². The second-order valence-corrected chi connectivity index (χ2v) is 12.7. The maximum Gasteiger partial charge on any atom is 0.201 e. The van der Waals surface area contributed by atoms with Crippen molar-refractivity contribution < 1.29 is 4.74 Å². The van der Waals surface area contributed by atoms with Crippen molar-refractivity contribution in [1.29, 1.82) is 0 Å². The van der Waals surface area contributed by atoms with Crippen molar-refractivity contribution in [2.45, 2.75) is 87.5 Å². The van der Waals surface area contributed by atoms with E-state index in [2.05, 4.69) is 86.8 Å². The summed E-state index contributed by atoms with van der Waals surface area (Å²) < 4.78 is 6.37. The molecule has 2 aromatic carbocycles. The third kappa shape index (κ3) is 10.1. The van der Waals surface area contributed by atoms with Gasteiger partial charge in [-0.1, -0.05) is 67.5 Å². The lowest BCUT2D eigenvalue weighted by atomic mass is 9.87. The molecule has 0 saturated carbocycles. The van der Waals surface area contributed by atoms with Gasteiger partial charge in [-0.25, -0.2) is 15.0 Å². The summed E-state index contributed by atoms with van der Waals surface area (Å²) >= 11 is 0. The second-order valence-electron chi connectivity index (χ2n) is 12.7. The number of rotatable bonds is 13. The number of hydrogen-bond donors (Lipinski definition) is 1. The number of benzene rings is 2. The molecule has 3 aromatic rings. The molecule has 1 aliphatic rings. The Morgan fingerprint density at radius 3 is 2.39 bits per heavy atom. The molecule has 46 heavy (non-hydrogen) atoms. The van der Waals surface area contributed by atoms with E-state index in [9.17, 15) is 0 Å². The first-order valence-corrected chi connectivity index (χ1v) is 17.2. The molecule has 1 aromatic heterocycles. The molecule has 8 heteroatoms. The van der Waals surface area contributed by atoms with Crippen LogP contribution in [0.1, 0.15) is 91.5 Å². The molecule has 0 radical (unpaired) electrons. The summed E-state index contributed by atoms with van der Waals surface area (Å²) in [5.41, 5.74) is 12.8. The van der Waals surface area contributed by atoms with E-state index < -0.39 is 0 Å². The third-order valence-corrected chi connectivity index (χ3v) is 8.13. The van der Waals surface area contributed by atoms with Crippen LogP contribution in [0.25, 0.3) is 10.9 Å². The number of amidine groups is 1. The Labute approximate surface area is 277 Å². The minimum atomic E-state index is 0.0763. The van der Waals surface area contributed by atoms with Crippen LogP contribution >= 0.6 is 0 Å². The summed E-state index contributed by atoms with van der Waals surface area (Å²) in [5.74, 6) is 2.17. The highest BCUT2D eigenvalue weighted by molar-refractivity contribution is 6.06. The summed E-state index contributed by atoms with van der Waals surface area (Å²) in [6, 6.07) is 12.4. The van der Waals surface area contributed by atoms with Crippen LogP contribution in [0.4, 0.5) is 5.69 Å². The SMILES string of the molecule is CC.CCCN(CCC)CCCOc1cc2c(Cc3cccc(N=C(N)N(C)C4=NCC(C(C)(C)C)=C4)c3)ncnc2cc1CC. The molecular formula is C38H57N7O. The van der Waals surface area contributed by atoms with Gasteiger partial charge in [0.25, 0.3) is 0 Å². The van der Waals surface area contributed by atoms with Crippen molar-refractivity contribution >= 4 is 28.4 Å². The summed E-state index contributed by atoms with van der Waals surface area (Å²) in [4.78, 5) is 23.1. The molecule has 8 nitrogen and oxygen atoms in total. The average molecular weight is 628 g/mol. The number of nitrogens with two attached hydrogens (primary N) is 1. The predicted molar refractivity (Wildman–Crippen MR) is 196 cm³/mol. The van der Waals surface area contributed by atoms with Gasteiger partial charge in [0.05, 0.1) is 30.0 Å². The van der Waals surface area contributed by atoms with E-state index in [4.69, 9.17) is 20.4 Å². The highest BCUT2D eigenvalue weighted by atomic mass is 16.5. The fourth-order valence-electron chi connectivity index (χ4n) is 5.49. The van der Waals surface area contributed by atoms with Crippen molar-refractivity contribution in [1.82, 2.24) is 19.8 Å². The summed E-state index contributed by atoms with van der Waals surface area (Å²) in [5, 5.41) is 1.02. The third-order valence-electron chi connectivity index (χ3n) is 8.13. The quantitative estimate of drug-likeness (QED) is 0.117. The fourth-order valence-corrected chi connectivity index (χ4v) is 5.49. The predicted octanol–water partition coefficient (Wildman–Crippen LogP) is 7.96. The van der Waals surface area contributed by atoms with Crippen molar-refractivity contribution in [3.63, 3.8) is 0 Å². The van der Waals surface area contributed by atoms with Gasteiger partial charge >= 0.3 is 0 Å². The molecule has 0 atom stereocenters. The second kappa shape index (κ2) is 17.8. The van der Waals surface area contributed by atoms with Gasteiger partial charge in [0.1, 0.15) is 17.9 Å². The highest BCUT2D eigenvalue weighted by Crippen LogP contribution is 2.30. The van der Waals surface area contributed by atoms with Crippen LogP contribution in [0.2, 0.25) is 0 Å². The maximum atomic E-state index is 6.43. The Balaban J connectivity index is 0.00000282. The zero-order valence-electron chi connectivity index (χ0n) is 29.9. The molecule has 0 saturated heterocycles. The van der Waals surface area contributed by atoms with Crippen molar-refractivity contribution in [3.05, 3.63) is 71.2 Å². The zero-order chi connectivity index (χ0) is 33.7. The lowest BCUT2D eigenvalue weighted by Gasteiger charge is -2.21. The first-order valence-electron chi connectivity index (χ1n) is 17.2. The van der Waals surface area contributed by atoms with Crippen LogP contribution < -0.4 is 10.5 Å². The minimum absolute atomic E-state index is 0.0763. The van der Waals surface area contributed by atoms with Gasteiger partial charge in [0.15, 0.2) is 0 Å². The molecule has 0 fully saturated rings. The van der Waals surface area contributed by atoms with Crippen LogP contribution in [0.5, 0.6) is 5.75 Å². The topological polar surface area (TPSA) is 92.2 Å². The molecule has 0 bridgehead atoms. The molecule has 0 aliphatic carbocycles. The highest BCUT2D eigenvalue weighted by Gasteiger charge is 2.23. The van der Waals surface area contributed by atoms with E-state index in [1.54, 1.807) is 6.33 Å². The number of aryl methyl sites for hydroxylation is 1. The average Bonchev–Trinajstić information content (AvgIpc) is 3.55. The lowest BCUT2D eigenvalue weighted by Crippen LogP contribution is -2.37. The summed E-state index contributed by atoms with van der Waals surface area (Å²) in [7, 11) is 1.91. The molecule has 4 rings (SSSR count). The number of nitrogens with zero attached hydrogens (tertiary/aromatic N) is 6. The van der Waals surface area contributed by atoms with Crippen LogP contribution in [0, 0.1) is 5.41 Å². The Morgan fingerprint density at radius 2 is 1.74 bits per heavy atom. The first kappa shape index (κ1) is 36.7. The fraction of sp³-hybridized carbons (Fsp3) is 0.526. The summed E-state index contributed by atoms with van der Waals surface area (Å²) in [6.45, 7) is 22.0. The van der Waals surface area contributed by atoms with Gasteiger partial charge in [-0.2, -0.15) is 0 Å². The van der Waals surface area contributed by atoms with Crippen LogP contribution in [0.15, 0.2) is 64.4 Å². The maximum absolute atomic E-state index is 6.43. The molecule has 2 N–H and O–H groups in total. The first-order chi connectivity index (χ1) is 22.1. The number of likely N-dealkylation sites (N-methyl/N-ethyl adjacent to an activating group) is 1. The van der Waals surface area contributed by atoms with Crippen LogP contribution in [0.3, 0.4) is 0 Å². The standard InChI is InChI=1S/C36H51N7O.C2H6/c1-8-15-43(16-9-2)17-12-18-44-33-23-30-31(39-25-40-32(30)21-27(33)10-3)20-26-13-11-14-29(19-26)41-35(37)42(7)34-22-28(24-38-34)36(4,5)6;1-2/h11,13-14,19,21-23,25H,8-10,12,15-18,20,24H2,1-7H3,(H2,37,41);1-2H3. The molecule has 0 spiro atoms. The largest absolute Gasteiger partial charge is 0.493 e. The normalized spacial score (nSPS) is 13.4. The number of fused-ring (bicyclic) bond motifs is 1. The van der Waals surface area contributed by atoms with Crippen molar-refractivity contribution in [3.8, 4) is 5.75 Å². The number of aromatic nitrogens is 2. The molecule has 1 aliphatic heterocycles. The molecule has 250 valence electrons. The Bertz CT molecular complexity index is 1500. The molecule has 0 amide bonds. The van der Waals surface area contributed by atoms with Gasteiger partial charge in [-0.3, -0.25) is 4.99 Å². The Kier molecular flexibility index (Phi) is 14.2. The van der Waals surface area contributed by atoms with Crippen molar-refractivity contribution in [2.75, 3.05) is 39.8 Å². The van der Waals surface area contributed by atoms with E-state index in [0.29, 0.717) is 25.5 Å². The van der Waals surface area contributed by atoms with Crippen LogP contribution in [-0.2, 0) is 12.8 Å². The number of guanidine groups is 1. The van der Waals surface area contributed by atoms with Gasteiger partial charge in [-0.15, -0.1) is 0 Å². The van der Waals surface area contributed by atoms with Crippen molar-refractivity contribution in [2.24, 2.45) is 21.1 Å². The molecular weight excluding hydrogens is 570 g/mol. The number of aliphatic imine (C=N–C) groups is 2. The minimum Gasteiger partial charge on any atom is -0.493 e. The Morgan fingerprint density at radius 1 is 1.00 bits per heavy atom.